The maximum Gasteiger partial charge on any atom is 0.306 e. The molecule has 0 spiro atoms. The molecule has 0 amide bonds. The van der Waals surface area contributed by atoms with E-state index in [1.54, 1.807) is 32.9 Å². The first-order chi connectivity index (χ1) is 9.23. The van der Waals surface area contributed by atoms with Gasteiger partial charge >= 0.3 is 5.97 Å². The molecular formula is C15H21F2NO2. The minimum absolute atomic E-state index is 0.0400. The van der Waals surface area contributed by atoms with Crippen LogP contribution in [-0.4, -0.2) is 18.1 Å². The van der Waals surface area contributed by atoms with Crippen molar-refractivity contribution in [3.05, 3.63) is 35.4 Å². The minimum atomic E-state index is -2.49. The van der Waals surface area contributed by atoms with E-state index in [4.69, 9.17) is 10.5 Å². The predicted molar refractivity (Wildman–Crippen MR) is 73.7 cm³/mol. The molecule has 0 heterocycles. The highest BCUT2D eigenvalue weighted by Crippen LogP contribution is 2.24. The Balaban J connectivity index is 2.73. The molecule has 0 aliphatic heterocycles. The van der Waals surface area contributed by atoms with E-state index in [0.29, 0.717) is 0 Å². The molecule has 1 atom stereocenters. The van der Waals surface area contributed by atoms with Crippen LogP contribution in [0.1, 0.15) is 50.7 Å². The second-order valence-electron chi connectivity index (χ2n) is 5.69. The van der Waals surface area contributed by atoms with Crippen molar-refractivity contribution in [3.63, 3.8) is 0 Å². The van der Waals surface area contributed by atoms with E-state index in [2.05, 4.69) is 0 Å². The first-order valence-corrected chi connectivity index (χ1v) is 6.53. The molecule has 20 heavy (non-hydrogen) atoms. The SMILES string of the molecule is CC(C)(C)OC(=O)CC(CN)c1ccc(C(F)F)cc1. The van der Waals surface area contributed by atoms with Crippen molar-refractivity contribution in [2.75, 3.05) is 6.54 Å². The number of nitrogens with two attached hydrogens (primary N) is 1. The maximum atomic E-state index is 12.5. The van der Waals surface area contributed by atoms with Crippen LogP contribution < -0.4 is 5.73 Å². The highest BCUT2D eigenvalue weighted by Gasteiger charge is 2.21. The lowest BCUT2D eigenvalue weighted by Gasteiger charge is -2.22. The molecule has 112 valence electrons. The van der Waals surface area contributed by atoms with Gasteiger partial charge in [0.1, 0.15) is 5.60 Å². The van der Waals surface area contributed by atoms with Crippen LogP contribution in [0.2, 0.25) is 0 Å². The number of ether oxygens (including phenoxy) is 1. The van der Waals surface area contributed by atoms with Gasteiger partial charge in [0.25, 0.3) is 6.43 Å². The van der Waals surface area contributed by atoms with E-state index >= 15 is 0 Å². The summed E-state index contributed by atoms with van der Waals surface area (Å²) in [6, 6.07) is 5.89. The van der Waals surface area contributed by atoms with Gasteiger partial charge < -0.3 is 10.5 Å². The van der Waals surface area contributed by atoms with Gasteiger partial charge in [-0.2, -0.15) is 0 Å². The molecule has 0 fully saturated rings. The van der Waals surface area contributed by atoms with E-state index in [-0.39, 0.29) is 30.4 Å². The standard InChI is InChI=1S/C15H21F2NO2/c1-15(2,3)20-13(19)8-12(9-18)10-4-6-11(7-5-10)14(16)17/h4-7,12,14H,8-9,18H2,1-3H3. The van der Waals surface area contributed by atoms with Crippen molar-refractivity contribution < 1.29 is 18.3 Å². The minimum Gasteiger partial charge on any atom is -0.460 e. The van der Waals surface area contributed by atoms with Crippen LogP contribution in [0.3, 0.4) is 0 Å². The Morgan fingerprint density at radius 3 is 2.10 bits per heavy atom. The van der Waals surface area contributed by atoms with Crippen LogP contribution in [0.4, 0.5) is 8.78 Å². The number of carbonyl (C=O) groups is 1. The summed E-state index contributed by atoms with van der Waals surface area (Å²) in [6.45, 7) is 5.63. The van der Waals surface area contributed by atoms with Crippen molar-refractivity contribution in [1.82, 2.24) is 0 Å². The van der Waals surface area contributed by atoms with E-state index in [0.717, 1.165) is 5.56 Å². The number of carbonyl (C=O) groups excluding carboxylic acids is 1. The zero-order chi connectivity index (χ0) is 15.3. The topological polar surface area (TPSA) is 52.3 Å². The van der Waals surface area contributed by atoms with Gasteiger partial charge in [0.2, 0.25) is 0 Å². The van der Waals surface area contributed by atoms with Crippen molar-refractivity contribution in [3.8, 4) is 0 Å². The van der Waals surface area contributed by atoms with E-state index in [9.17, 15) is 13.6 Å². The number of hydrogen-bond acceptors (Lipinski definition) is 3. The van der Waals surface area contributed by atoms with Crippen molar-refractivity contribution in [1.29, 1.82) is 0 Å². The van der Waals surface area contributed by atoms with Gasteiger partial charge in [-0.25, -0.2) is 8.78 Å². The summed E-state index contributed by atoms with van der Waals surface area (Å²) in [5.41, 5.74) is 5.84. The number of benzene rings is 1. The van der Waals surface area contributed by atoms with Crippen LogP contribution in [0.25, 0.3) is 0 Å². The fourth-order valence-corrected chi connectivity index (χ4v) is 1.84. The van der Waals surface area contributed by atoms with E-state index in [1.165, 1.54) is 12.1 Å². The average Bonchev–Trinajstić information content (AvgIpc) is 2.34. The Hall–Kier alpha value is -1.49. The summed E-state index contributed by atoms with van der Waals surface area (Å²) >= 11 is 0. The molecule has 2 N–H and O–H groups in total. The van der Waals surface area contributed by atoms with Crippen LogP contribution in [0.15, 0.2) is 24.3 Å². The second-order valence-corrected chi connectivity index (χ2v) is 5.69. The first kappa shape index (κ1) is 16.6. The van der Waals surface area contributed by atoms with E-state index in [1.807, 2.05) is 0 Å². The molecule has 0 radical (unpaired) electrons. The zero-order valence-electron chi connectivity index (χ0n) is 12.0. The van der Waals surface area contributed by atoms with Crippen LogP contribution in [0, 0.1) is 0 Å². The monoisotopic (exact) mass is 285 g/mol. The molecule has 3 nitrogen and oxygen atoms in total. The molecule has 1 aromatic rings. The zero-order valence-corrected chi connectivity index (χ0v) is 12.0. The van der Waals surface area contributed by atoms with Crippen molar-refractivity contribution >= 4 is 5.97 Å². The predicted octanol–water partition coefficient (Wildman–Crippen LogP) is 3.40. The van der Waals surface area contributed by atoms with Gasteiger partial charge in [-0.3, -0.25) is 4.79 Å². The maximum absolute atomic E-state index is 12.5. The normalized spacial score (nSPS) is 13.3. The van der Waals surface area contributed by atoms with Crippen LogP contribution in [-0.2, 0) is 9.53 Å². The Morgan fingerprint density at radius 2 is 1.70 bits per heavy atom. The Kier molecular flexibility index (Phi) is 5.62. The molecule has 5 heteroatoms. The van der Waals surface area contributed by atoms with Crippen molar-refractivity contribution in [2.45, 2.75) is 45.1 Å². The van der Waals surface area contributed by atoms with Gasteiger partial charge in [-0.1, -0.05) is 24.3 Å². The Morgan fingerprint density at radius 1 is 1.20 bits per heavy atom. The molecule has 0 bridgehead atoms. The Labute approximate surface area is 118 Å². The van der Waals surface area contributed by atoms with Gasteiger partial charge in [0.15, 0.2) is 0 Å². The average molecular weight is 285 g/mol. The molecule has 0 saturated carbocycles. The summed E-state index contributed by atoms with van der Waals surface area (Å²) in [7, 11) is 0. The Bertz CT molecular complexity index is 438. The molecule has 0 saturated heterocycles. The van der Waals surface area contributed by atoms with Gasteiger partial charge in [0, 0.05) is 11.5 Å². The quantitative estimate of drug-likeness (QED) is 0.844. The molecule has 1 aromatic carbocycles. The molecule has 1 unspecified atom stereocenters. The van der Waals surface area contributed by atoms with Gasteiger partial charge in [-0.05, 0) is 32.9 Å². The third-order valence-corrected chi connectivity index (χ3v) is 2.78. The summed E-state index contributed by atoms with van der Waals surface area (Å²) in [5, 5.41) is 0. The van der Waals surface area contributed by atoms with Crippen molar-refractivity contribution in [2.24, 2.45) is 5.73 Å². The summed E-state index contributed by atoms with van der Waals surface area (Å²) in [5.74, 6) is -0.567. The lowest BCUT2D eigenvalue weighted by Crippen LogP contribution is -2.26. The number of rotatable bonds is 5. The molecule has 0 aromatic heterocycles. The van der Waals surface area contributed by atoms with Gasteiger partial charge in [-0.15, -0.1) is 0 Å². The summed E-state index contributed by atoms with van der Waals surface area (Å²) < 4.78 is 30.2. The number of alkyl halides is 2. The highest BCUT2D eigenvalue weighted by atomic mass is 19.3. The third kappa shape index (κ3) is 5.25. The third-order valence-electron chi connectivity index (χ3n) is 2.78. The lowest BCUT2D eigenvalue weighted by atomic mass is 9.95. The fraction of sp³-hybridized carbons (Fsp3) is 0.533. The molecule has 0 aliphatic carbocycles. The summed E-state index contributed by atoms with van der Waals surface area (Å²) in [6.07, 6.45) is -2.35. The fourth-order valence-electron chi connectivity index (χ4n) is 1.84. The largest absolute Gasteiger partial charge is 0.460 e. The van der Waals surface area contributed by atoms with Crippen LogP contribution >= 0.6 is 0 Å². The lowest BCUT2D eigenvalue weighted by molar-refractivity contribution is -0.155. The number of hydrogen-bond donors (Lipinski definition) is 1. The van der Waals surface area contributed by atoms with E-state index < -0.39 is 12.0 Å². The summed E-state index contributed by atoms with van der Waals surface area (Å²) in [4.78, 5) is 11.8. The second kappa shape index (κ2) is 6.79. The number of esters is 1. The van der Waals surface area contributed by atoms with Crippen LogP contribution in [0.5, 0.6) is 0 Å². The highest BCUT2D eigenvalue weighted by molar-refractivity contribution is 5.71. The molecular weight excluding hydrogens is 264 g/mol. The van der Waals surface area contributed by atoms with Gasteiger partial charge in [0.05, 0.1) is 6.42 Å². The first-order valence-electron chi connectivity index (χ1n) is 6.53. The molecule has 1 rings (SSSR count). The smallest absolute Gasteiger partial charge is 0.306 e. The molecule has 0 aliphatic rings. The number of halogens is 2.